The molecule has 0 aromatic heterocycles. The molecule has 0 heterocycles. The van der Waals surface area contributed by atoms with E-state index in [1.165, 1.54) is 0 Å². The number of nitrogens with one attached hydrogen (secondary N) is 1. The molecule has 2 rings (SSSR count). The number of amides is 1. The average molecular weight is 357 g/mol. The SMILES string of the molecule is Cc1cc(C)c(NC(=O)COC(=O)CCSc2ccccc2)c(C)c1. The van der Waals surface area contributed by atoms with E-state index >= 15 is 0 Å². The number of thioether (sulfide) groups is 1. The standard InChI is InChI=1S/C20H23NO3S/c1-14-11-15(2)20(16(3)12-14)21-18(22)13-24-19(23)9-10-25-17-7-5-4-6-8-17/h4-8,11-12H,9-10,13H2,1-3H3,(H,21,22). The number of hydrogen-bond donors (Lipinski definition) is 1. The summed E-state index contributed by atoms with van der Waals surface area (Å²) in [6.07, 6.45) is 0.273. The molecular formula is C20H23NO3S. The summed E-state index contributed by atoms with van der Waals surface area (Å²) in [6.45, 7) is 5.65. The molecule has 2 aromatic rings. The van der Waals surface area contributed by atoms with Crippen molar-refractivity contribution >= 4 is 29.3 Å². The van der Waals surface area contributed by atoms with Gasteiger partial charge in [-0.2, -0.15) is 0 Å². The van der Waals surface area contributed by atoms with E-state index in [1.54, 1.807) is 11.8 Å². The van der Waals surface area contributed by atoms with Crippen LogP contribution in [0.2, 0.25) is 0 Å². The van der Waals surface area contributed by atoms with E-state index in [2.05, 4.69) is 5.32 Å². The molecule has 0 atom stereocenters. The van der Waals surface area contributed by atoms with Crippen LogP contribution < -0.4 is 5.32 Å². The fraction of sp³-hybridized carbons (Fsp3) is 0.300. The first-order chi connectivity index (χ1) is 12.0. The van der Waals surface area contributed by atoms with Crippen molar-refractivity contribution in [3.63, 3.8) is 0 Å². The van der Waals surface area contributed by atoms with Crippen LogP contribution in [0.4, 0.5) is 5.69 Å². The lowest BCUT2D eigenvalue weighted by atomic mass is 10.1. The topological polar surface area (TPSA) is 55.4 Å². The number of benzene rings is 2. The second-order valence-corrected chi connectivity index (χ2v) is 7.06. The molecule has 0 saturated carbocycles. The first kappa shape index (κ1) is 19.1. The van der Waals surface area contributed by atoms with E-state index in [4.69, 9.17) is 4.74 Å². The molecule has 132 valence electrons. The zero-order chi connectivity index (χ0) is 18.2. The number of aryl methyl sites for hydroxylation is 3. The summed E-state index contributed by atoms with van der Waals surface area (Å²) in [5, 5.41) is 2.82. The number of rotatable bonds is 7. The van der Waals surface area contributed by atoms with Crippen molar-refractivity contribution in [2.24, 2.45) is 0 Å². The van der Waals surface area contributed by atoms with Gasteiger partial charge in [0.2, 0.25) is 0 Å². The average Bonchev–Trinajstić information content (AvgIpc) is 2.57. The van der Waals surface area contributed by atoms with Crippen molar-refractivity contribution in [3.8, 4) is 0 Å². The Morgan fingerprint density at radius 3 is 2.32 bits per heavy atom. The van der Waals surface area contributed by atoms with Gasteiger partial charge in [0.15, 0.2) is 6.61 Å². The molecule has 1 amide bonds. The maximum absolute atomic E-state index is 12.0. The van der Waals surface area contributed by atoms with Crippen LogP contribution in [0.1, 0.15) is 23.1 Å². The Bertz CT molecular complexity index is 721. The Hall–Kier alpha value is -2.27. The zero-order valence-electron chi connectivity index (χ0n) is 14.8. The first-order valence-electron chi connectivity index (χ1n) is 8.17. The van der Waals surface area contributed by atoms with Crippen LogP contribution in [0.3, 0.4) is 0 Å². The molecule has 0 saturated heterocycles. The molecule has 2 aromatic carbocycles. The van der Waals surface area contributed by atoms with Gasteiger partial charge >= 0.3 is 5.97 Å². The lowest BCUT2D eigenvalue weighted by molar-refractivity contribution is -0.146. The quantitative estimate of drug-likeness (QED) is 0.594. The highest BCUT2D eigenvalue weighted by atomic mass is 32.2. The van der Waals surface area contributed by atoms with Crippen LogP contribution in [-0.4, -0.2) is 24.2 Å². The fourth-order valence-electron chi connectivity index (χ4n) is 2.54. The molecule has 0 bridgehead atoms. The number of hydrogen-bond acceptors (Lipinski definition) is 4. The number of carbonyl (C=O) groups excluding carboxylic acids is 2. The van der Waals surface area contributed by atoms with Crippen molar-refractivity contribution in [1.29, 1.82) is 0 Å². The summed E-state index contributed by atoms with van der Waals surface area (Å²) in [6, 6.07) is 13.9. The minimum Gasteiger partial charge on any atom is -0.456 e. The summed E-state index contributed by atoms with van der Waals surface area (Å²) < 4.78 is 5.05. The molecule has 0 spiro atoms. The number of esters is 1. The fourth-order valence-corrected chi connectivity index (χ4v) is 3.39. The van der Waals surface area contributed by atoms with Gasteiger partial charge in [0, 0.05) is 16.3 Å². The molecule has 5 heteroatoms. The Kier molecular flexibility index (Phi) is 7.07. The van der Waals surface area contributed by atoms with E-state index < -0.39 is 0 Å². The van der Waals surface area contributed by atoms with Gasteiger partial charge in [0.1, 0.15) is 0 Å². The normalized spacial score (nSPS) is 10.4. The van der Waals surface area contributed by atoms with Gasteiger partial charge in [-0.3, -0.25) is 9.59 Å². The van der Waals surface area contributed by atoms with Gasteiger partial charge in [-0.25, -0.2) is 0 Å². The second kappa shape index (κ2) is 9.28. The monoisotopic (exact) mass is 357 g/mol. The van der Waals surface area contributed by atoms with Crippen molar-refractivity contribution in [2.45, 2.75) is 32.1 Å². The largest absolute Gasteiger partial charge is 0.456 e. The van der Waals surface area contributed by atoms with E-state index in [9.17, 15) is 9.59 Å². The summed E-state index contributed by atoms with van der Waals surface area (Å²) in [4.78, 5) is 24.9. The maximum Gasteiger partial charge on any atom is 0.307 e. The molecule has 1 N–H and O–H groups in total. The molecule has 0 radical (unpaired) electrons. The van der Waals surface area contributed by atoms with Crippen molar-refractivity contribution < 1.29 is 14.3 Å². The lowest BCUT2D eigenvalue weighted by Gasteiger charge is -2.13. The first-order valence-corrected chi connectivity index (χ1v) is 9.15. The van der Waals surface area contributed by atoms with Crippen LogP contribution in [0.15, 0.2) is 47.4 Å². The predicted molar refractivity (Wildman–Crippen MR) is 102 cm³/mol. The Morgan fingerprint density at radius 1 is 1.04 bits per heavy atom. The molecule has 0 unspecified atom stereocenters. The number of ether oxygens (including phenoxy) is 1. The van der Waals surface area contributed by atoms with Gasteiger partial charge in [-0.15, -0.1) is 11.8 Å². The highest BCUT2D eigenvalue weighted by molar-refractivity contribution is 7.99. The van der Waals surface area contributed by atoms with E-state index in [0.717, 1.165) is 27.3 Å². The molecule has 0 aliphatic carbocycles. The van der Waals surface area contributed by atoms with Crippen molar-refractivity contribution in [3.05, 3.63) is 59.2 Å². The minimum absolute atomic E-state index is 0.262. The van der Waals surface area contributed by atoms with Crippen LogP contribution in [0.25, 0.3) is 0 Å². The molecule has 0 aliphatic rings. The lowest BCUT2D eigenvalue weighted by Crippen LogP contribution is -2.22. The van der Waals surface area contributed by atoms with Crippen LogP contribution in [0.5, 0.6) is 0 Å². The van der Waals surface area contributed by atoms with Gasteiger partial charge in [0.25, 0.3) is 5.91 Å². The number of anilines is 1. The van der Waals surface area contributed by atoms with Crippen LogP contribution >= 0.6 is 11.8 Å². The van der Waals surface area contributed by atoms with Crippen molar-refractivity contribution in [1.82, 2.24) is 0 Å². The Balaban J connectivity index is 1.73. The predicted octanol–water partition coefficient (Wildman–Crippen LogP) is 4.28. The third-order valence-electron chi connectivity index (χ3n) is 3.62. The van der Waals surface area contributed by atoms with E-state index in [1.807, 2.05) is 63.2 Å². The summed E-state index contributed by atoms with van der Waals surface area (Å²) >= 11 is 1.59. The molecule has 0 aliphatic heterocycles. The Morgan fingerprint density at radius 2 is 1.68 bits per heavy atom. The number of carbonyl (C=O) groups is 2. The van der Waals surface area contributed by atoms with Gasteiger partial charge < -0.3 is 10.1 Å². The van der Waals surface area contributed by atoms with Gasteiger partial charge in [-0.1, -0.05) is 35.9 Å². The zero-order valence-corrected chi connectivity index (χ0v) is 15.6. The summed E-state index contributed by atoms with van der Waals surface area (Å²) in [7, 11) is 0. The maximum atomic E-state index is 12.0. The summed E-state index contributed by atoms with van der Waals surface area (Å²) in [5.41, 5.74) is 3.93. The van der Waals surface area contributed by atoms with Crippen LogP contribution in [0, 0.1) is 20.8 Å². The second-order valence-electron chi connectivity index (χ2n) is 5.89. The smallest absolute Gasteiger partial charge is 0.307 e. The minimum atomic E-state index is -0.365. The van der Waals surface area contributed by atoms with Gasteiger partial charge in [0.05, 0.1) is 6.42 Å². The third kappa shape index (κ3) is 6.27. The molecular weight excluding hydrogens is 334 g/mol. The Labute approximate surface area is 153 Å². The van der Waals surface area contributed by atoms with E-state index in [-0.39, 0.29) is 24.9 Å². The highest BCUT2D eigenvalue weighted by Crippen LogP contribution is 2.22. The summed E-state index contributed by atoms with van der Waals surface area (Å²) in [5.74, 6) is -0.0595. The third-order valence-corrected chi connectivity index (χ3v) is 4.64. The highest BCUT2D eigenvalue weighted by Gasteiger charge is 2.11. The molecule has 25 heavy (non-hydrogen) atoms. The van der Waals surface area contributed by atoms with E-state index in [0.29, 0.717) is 5.75 Å². The van der Waals surface area contributed by atoms with Crippen molar-refractivity contribution in [2.75, 3.05) is 17.7 Å². The molecule has 4 nitrogen and oxygen atoms in total. The van der Waals surface area contributed by atoms with Gasteiger partial charge in [-0.05, 0) is 44.0 Å². The van der Waals surface area contributed by atoms with Crippen LogP contribution in [-0.2, 0) is 14.3 Å². The molecule has 0 fully saturated rings.